The quantitative estimate of drug-likeness (QED) is 0.810. The Labute approximate surface area is 113 Å². The zero-order valence-corrected chi connectivity index (χ0v) is 12.6. The van der Waals surface area contributed by atoms with E-state index in [4.69, 9.17) is 5.11 Å². The van der Waals surface area contributed by atoms with Crippen LogP contribution in [0.3, 0.4) is 0 Å². The van der Waals surface area contributed by atoms with Gasteiger partial charge in [0.2, 0.25) is 10.0 Å². The molecule has 104 valence electrons. The molecule has 6 heteroatoms. The molecule has 4 nitrogen and oxygen atoms in total. The molecule has 18 heavy (non-hydrogen) atoms. The fraction of sp³-hybridized carbons (Fsp3) is 0.667. The molecule has 0 aliphatic rings. The van der Waals surface area contributed by atoms with Crippen molar-refractivity contribution in [3.63, 3.8) is 0 Å². The molecule has 0 spiro atoms. The molecule has 0 fully saturated rings. The number of rotatable bonds is 7. The summed E-state index contributed by atoms with van der Waals surface area (Å²) in [5, 5.41) is 10.8. The average molecular weight is 291 g/mol. The van der Waals surface area contributed by atoms with Crippen LogP contribution in [0.1, 0.15) is 38.5 Å². The Balaban J connectivity index is 2.89. The number of sulfonamides is 1. The predicted octanol–water partition coefficient (Wildman–Crippen LogP) is 2.34. The fourth-order valence-electron chi connectivity index (χ4n) is 2.08. The van der Waals surface area contributed by atoms with Gasteiger partial charge in [0.1, 0.15) is 0 Å². The second kappa shape index (κ2) is 6.65. The zero-order chi connectivity index (χ0) is 13.8. The third-order valence-corrected chi connectivity index (χ3v) is 5.91. The van der Waals surface area contributed by atoms with E-state index in [1.165, 1.54) is 17.4 Å². The van der Waals surface area contributed by atoms with Crippen LogP contribution >= 0.6 is 11.3 Å². The maximum absolute atomic E-state index is 12.2. The van der Waals surface area contributed by atoms with E-state index in [2.05, 4.69) is 18.6 Å². The van der Waals surface area contributed by atoms with Crippen LogP contribution in [-0.2, 0) is 16.6 Å². The van der Waals surface area contributed by atoms with Gasteiger partial charge in [-0.1, -0.05) is 26.7 Å². The van der Waals surface area contributed by atoms with E-state index >= 15 is 0 Å². The van der Waals surface area contributed by atoms with Crippen LogP contribution in [-0.4, -0.2) is 19.6 Å². The summed E-state index contributed by atoms with van der Waals surface area (Å²) in [6.45, 7) is 5.76. The van der Waals surface area contributed by atoms with Crippen LogP contribution in [0.4, 0.5) is 0 Å². The number of hydrogen-bond acceptors (Lipinski definition) is 4. The second-order valence-corrected chi connectivity index (χ2v) is 7.04. The highest BCUT2D eigenvalue weighted by molar-refractivity contribution is 7.89. The maximum Gasteiger partial charge on any atom is 0.242 e. The van der Waals surface area contributed by atoms with Crippen molar-refractivity contribution in [1.82, 2.24) is 4.72 Å². The first-order valence-corrected chi connectivity index (χ1v) is 8.52. The van der Waals surface area contributed by atoms with Gasteiger partial charge in [0, 0.05) is 10.9 Å². The topological polar surface area (TPSA) is 66.4 Å². The highest BCUT2D eigenvalue weighted by Gasteiger charge is 2.24. The van der Waals surface area contributed by atoms with E-state index < -0.39 is 10.0 Å². The van der Waals surface area contributed by atoms with Crippen LogP contribution in [0.2, 0.25) is 0 Å². The number of hydrogen-bond donors (Lipinski definition) is 2. The van der Waals surface area contributed by atoms with Gasteiger partial charge >= 0.3 is 0 Å². The average Bonchev–Trinajstić information content (AvgIpc) is 2.78. The highest BCUT2D eigenvalue weighted by Crippen LogP contribution is 2.23. The van der Waals surface area contributed by atoms with Crippen LogP contribution in [0.25, 0.3) is 0 Å². The van der Waals surface area contributed by atoms with Gasteiger partial charge in [-0.2, -0.15) is 0 Å². The van der Waals surface area contributed by atoms with Crippen molar-refractivity contribution in [3.05, 3.63) is 16.3 Å². The molecule has 0 saturated carbocycles. The molecule has 1 heterocycles. The Morgan fingerprint density at radius 1 is 1.39 bits per heavy atom. The van der Waals surface area contributed by atoms with Crippen molar-refractivity contribution in [2.75, 3.05) is 0 Å². The van der Waals surface area contributed by atoms with Gasteiger partial charge in [-0.25, -0.2) is 13.1 Å². The second-order valence-electron chi connectivity index (χ2n) is 4.35. The standard InChI is InChI=1S/C12H21NO3S2/c1-4-10(5-2)9(3)13-18(15,16)12-6-7-17-11(12)8-14/h6-7,9-10,13-14H,4-5,8H2,1-3H3. The zero-order valence-electron chi connectivity index (χ0n) is 11.0. The van der Waals surface area contributed by atoms with Gasteiger partial charge in [-0.3, -0.25) is 0 Å². The number of aliphatic hydroxyl groups is 1. The molecule has 1 unspecified atom stereocenters. The van der Waals surface area contributed by atoms with Crippen LogP contribution in [0.5, 0.6) is 0 Å². The molecule has 0 bridgehead atoms. The third kappa shape index (κ3) is 3.54. The van der Waals surface area contributed by atoms with E-state index in [1.54, 1.807) is 5.38 Å². The van der Waals surface area contributed by atoms with Crippen molar-refractivity contribution in [1.29, 1.82) is 0 Å². The minimum absolute atomic E-state index is 0.101. The Bertz CT molecular complexity index is 463. The minimum atomic E-state index is -3.52. The molecular weight excluding hydrogens is 270 g/mol. The molecule has 1 aromatic heterocycles. The van der Waals surface area contributed by atoms with Gasteiger partial charge in [-0.05, 0) is 24.3 Å². The summed E-state index contributed by atoms with van der Waals surface area (Å²) in [6.07, 6.45) is 1.88. The van der Waals surface area contributed by atoms with E-state index in [0.717, 1.165) is 12.8 Å². The number of aliphatic hydroxyl groups excluding tert-OH is 1. The first-order valence-electron chi connectivity index (χ1n) is 6.15. The lowest BCUT2D eigenvalue weighted by molar-refractivity contribution is 0.282. The predicted molar refractivity (Wildman–Crippen MR) is 74.1 cm³/mol. The molecule has 0 aliphatic heterocycles. The van der Waals surface area contributed by atoms with Crippen molar-refractivity contribution >= 4 is 21.4 Å². The molecule has 0 saturated heterocycles. The van der Waals surface area contributed by atoms with Crippen molar-refractivity contribution in [2.45, 2.75) is 51.2 Å². The Morgan fingerprint density at radius 3 is 2.50 bits per heavy atom. The molecule has 2 N–H and O–H groups in total. The summed E-state index contributed by atoms with van der Waals surface area (Å²) >= 11 is 1.25. The third-order valence-electron chi connectivity index (χ3n) is 3.23. The monoisotopic (exact) mass is 291 g/mol. The molecule has 0 amide bonds. The van der Waals surface area contributed by atoms with Crippen LogP contribution in [0, 0.1) is 5.92 Å². The first-order chi connectivity index (χ1) is 8.46. The summed E-state index contributed by atoms with van der Waals surface area (Å²) in [4.78, 5) is 0.687. The Kier molecular flexibility index (Phi) is 5.78. The van der Waals surface area contributed by atoms with Crippen molar-refractivity contribution in [2.24, 2.45) is 5.92 Å². The summed E-state index contributed by atoms with van der Waals surface area (Å²) in [7, 11) is -3.52. The molecule has 1 aromatic rings. The molecule has 1 rings (SSSR count). The molecule has 0 radical (unpaired) electrons. The number of thiophene rings is 1. The van der Waals surface area contributed by atoms with Gasteiger partial charge in [0.05, 0.1) is 11.5 Å². The van der Waals surface area contributed by atoms with Crippen LogP contribution in [0.15, 0.2) is 16.3 Å². The van der Waals surface area contributed by atoms with E-state index in [1.807, 2.05) is 6.92 Å². The molecular formula is C12H21NO3S2. The summed E-state index contributed by atoms with van der Waals surface area (Å²) < 4.78 is 27.1. The van der Waals surface area contributed by atoms with Gasteiger partial charge in [0.25, 0.3) is 0 Å². The van der Waals surface area contributed by atoms with Crippen LogP contribution < -0.4 is 4.72 Å². The number of nitrogens with one attached hydrogen (secondary N) is 1. The molecule has 1 atom stereocenters. The van der Waals surface area contributed by atoms with Gasteiger partial charge in [-0.15, -0.1) is 11.3 Å². The summed E-state index contributed by atoms with van der Waals surface area (Å²) in [5.74, 6) is 0.330. The summed E-state index contributed by atoms with van der Waals surface area (Å²) in [6, 6.07) is 1.44. The lowest BCUT2D eigenvalue weighted by Gasteiger charge is -2.22. The van der Waals surface area contributed by atoms with E-state index in [9.17, 15) is 8.42 Å². The Morgan fingerprint density at radius 2 is 2.00 bits per heavy atom. The van der Waals surface area contributed by atoms with E-state index in [0.29, 0.717) is 10.8 Å². The fourth-order valence-corrected chi connectivity index (χ4v) is 4.69. The molecule has 0 aliphatic carbocycles. The van der Waals surface area contributed by atoms with Gasteiger partial charge in [0.15, 0.2) is 0 Å². The largest absolute Gasteiger partial charge is 0.391 e. The van der Waals surface area contributed by atoms with Gasteiger partial charge < -0.3 is 5.11 Å². The smallest absolute Gasteiger partial charge is 0.242 e. The first kappa shape index (κ1) is 15.6. The van der Waals surface area contributed by atoms with Crippen molar-refractivity contribution < 1.29 is 13.5 Å². The minimum Gasteiger partial charge on any atom is -0.391 e. The maximum atomic E-state index is 12.2. The Hall–Kier alpha value is -0.430. The lowest BCUT2D eigenvalue weighted by atomic mass is 9.96. The normalized spacial score (nSPS) is 14.1. The van der Waals surface area contributed by atoms with E-state index in [-0.39, 0.29) is 17.5 Å². The molecule has 0 aromatic carbocycles. The lowest BCUT2D eigenvalue weighted by Crippen LogP contribution is -2.37. The highest BCUT2D eigenvalue weighted by atomic mass is 32.2. The van der Waals surface area contributed by atoms with Crippen molar-refractivity contribution in [3.8, 4) is 0 Å². The SMILES string of the molecule is CCC(CC)C(C)NS(=O)(=O)c1ccsc1CO. The summed E-state index contributed by atoms with van der Waals surface area (Å²) in [5.41, 5.74) is 0.